The minimum atomic E-state index is -4.32. The minimum absolute atomic E-state index is 0.0248. The lowest BCUT2D eigenvalue weighted by molar-refractivity contribution is -0.137. The number of rotatable bonds is 4. The summed E-state index contributed by atoms with van der Waals surface area (Å²) in [6.45, 7) is 2.10. The third kappa shape index (κ3) is 3.94. The second-order valence-corrected chi connectivity index (χ2v) is 9.12. The van der Waals surface area contributed by atoms with E-state index in [1.165, 1.54) is 12.1 Å². The SMILES string of the molecule is O=c1[nH]c(C2CC2)nc2c1CN(Cc1ccc(-c3ccc(C(F)(F)F)cc3)s1)CC2. The number of fused-ring (bicyclic) bond motifs is 1. The fraction of sp³-hybridized carbons (Fsp3) is 0.364. The van der Waals surface area contributed by atoms with Crippen molar-refractivity contribution in [2.45, 2.75) is 44.4 Å². The van der Waals surface area contributed by atoms with Crippen LogP contribution in [0.2, 0.25) is 0 Å². The van der Waals surface area contributed by atoms with Crippen molar-refractivity contribution in [3.8, 4) is 10.4 Å². The van der Waals surface area contributed by atoms with E-state index < -0.39 is 11.7 Å². The first-order chi connectivity index (χ1) is 14.4. The number of nitrogens with one attached hydrogen (secondary N) is 1. The van der Waals surface area contributed by atoms with Crippen molar-refractivity contribution >= 4 is 11.3 Å². The molecule has 0 atom stereocenters. The molecule has 1 aromatic carbocycles. The maximum atomic E-state index is 12.8. The highest BCUT2D eigenvalue weighted by Gasteiger charge is 2.30. The Bertz CT molecular complexity index is 1130. The van der Waals surface area contributed by atoms with Crippen LogP contribution in [0.25, 0.3) is 10.4 Å². The summed E-state index contributed by atoms with van der Waals surface area (Å²) >= 11 is 1.57. The van der Waals surface area contributed by atoms with Gasteiger partial charge in [-0.05, 0) is 42.7 Å². The van der Waals surface area contributed by atoms with Crippen LogP contribution >= 0.6 is 11.3 Å². The second-order valence-electron chi connectivity index (χ2n) is 7.95. The average Bonchev–Trinajstić information content (AvgIpc) is 3.47. The number of hydrogen-bond donors (Lipinski definition) is 1. The van der Waals surface area contributed by atoms with Gasteiger partial charge in [0, 0.05) is 41.7 Å². The molecule has 1 saturated carbocycles. The Morgan fingerprint density at radius 1 is 1.13 bits per heavy atom. The summed E-state index contributed by atoms with van der Waals surface area (Å²) in [5.74, 6) is 1.27. The third-order valence-corrected chi connectivity index (χ3v) is 6.79. The molecule has 0 bridgehead atoms. The number of thiophene rings is 1. The molecule has 5 rings (SSSR count). The molecular weight excluding hydrogens is 411 g/mol. The van der Waals surface area contributed by atoms with Gasteiger partial charge >= 0.3 is 6.18 Å². The number of aromatic amines is 1. The van der Waals surface area contributed by atoms with Crippen molar-refractivity contribution in [2.24, 2.45) is 0 Å². The number of H-pyrrole nitrogens is 1. The Labute approximate surface area is 175 Å². The van der Waals surface area contributed by atoms with E-state index in [0.29, 0.717) is 19.0 Å². The number of halogens is 3. The van der Waals surface area contributed by atoms with Gasteiger partial charge in [-0.3, -0.25) is 9.69 Å². The topological polar surface area (TPSA) is 49.0 Å². The van der Waals surface area contributed by atoms with Crippen LogP contribution in [0.5, 0.6) is 0 Å². The van der Waals surface area contributed by atoms with E-state index in [1.54, 1.807) is 11.3 Å². The fourth-order valence-electron chi connectivity index (χ4n) is 3.85. The van der Waals surface area contributed by atoms with E-state index >= 15 is 0 Å². The van der Waals surface area contributed by atoms with Gasteiger partial charge in [-0.25, -0.2) is 4.98 Å². The number of nitrogens with zero attached hydrogens (tertiary/aromatic N) is 2. The fourth-order valence-corrected chi connectivity index (χ4v) is 4.90. The molecule has 1 N–H and O–H groups in total. The van der Waals surface area contributed by atoms with Gasteiger partial charge in [-0.1, -0.05) is 12.1 Å². The molecule has 1 fully saturated rings. The third-order valence-electron chi connectivity index (χ3n) is 5.67. The molecule has 156 valence electrons. The Morgan fingerprint density at radius 3 is 2.60 bits per heavy atom. The summed E-state index contributed by atoms with van der Waals surface area (Å²) in [6, 6.07) is 9.20. The summed E-state index contributed by atoms with van der Waals surface area (Å²) < 4.78 is 38.3. The maximum Gasteiger partial charge on any atom is 0.416 e. The highest BCUT2D eigenvalue weighted by atomic mass is 32.1. The monoisotopic (exact) mass is 431 g/mol. The molecule has 0 amide bonds. The highest BCUT2D eigenvalue weighted by molar-refractivity contribution is 7.15. The summed E-state index contributed by atoms with van der Waals surface area (Å²) in [5, 5.41) is 0. The molecule has 0 saturated heterocycles. The summed E-state index contributed by atoms with van der Waals surface area (Å²) in [5.41, 5.74) is 1.79. The predicted octanol–water partition coefficient (Wildman–Crippen LogP) is 4.95. The van der Waals surface area contributed by atoms with Crippen molar-refractivity contribution < 1.29 is 13.2 Å². The molecule has 3 aromatic rings. The molecule has 0 spiro atoms. The average molecular weight is 431 g/mol. The molecule has 0 radical (unpaired) electrons. The van der Waals surface area contributed by atoms with E-state index in [9.17, 15) is 18.0 Å². The number of aromatic nitrogens is 2. The predicted molar refractivity (Wildman–Crippen MR) is 109 cm³/mol. The van der Waals surface area contributed by atoms with Gasteiger partial charge in [0.25, 0.3) is 5.56 Å². The summed E-state index contributed by atoms with van der Waals surface area (Å²) in [7, 11) is 0. The maximum absolute atomic E-state index is 12.8. The molecule has 1 aliphatic heterocycles. The molecular formula is C22H20F3N3OS. The highest BCUT2D eigenvalue weighted by Crippen LogP contribution is 2.38. The quantitative estimate of drug-likeness (QED) is 0.636. The molecule has 1 aliphatic carbocycles. The molecule has 4 nitrogen and oxygen atoms in total. The van der Waals surface area contributed by atoms with Crippen LogP contribution in [0.3, 0.4) is 0 Å². The van der Waals surface area contributed by atoms with Crippen LogP contribution in [0.4, 0.5) is 13.2 Å². The van der Waals surface area contributed by atoms with E-state index in [-0.39, 0.29) is 5.56 Å². The van der Waals surface area contributed by atoms with Crippen LogP contribution in [0.1, 0.15) is 46.3 Å². The number of hydrogen-bond acceptors (Lipinski definition) is 4. The van der Waals surface area contributed by atoms with Crippen molar-refractivity contribution in [3.05, 3.63) is 74.3 Å². The van der Waals surface area contributed by atoms with Gasteiger partial charge in [0.2, 0.25) is 0 Å². The first kappa shape index (κ1) is 19.5. The minimum Gasteiger partial charge on any atom is -0.310 e. The van der Waals surface area contributed by atoms with E-state index in [1.807, 2.05) is 12.1 Å². The number of alkyl halides is 3. The molecule has 30 heavy (non-hydrogen) atoms. The van der Waals surface area contributed by atoms with E-state index in [2.05, 4.69) is 14.9 Å². The van der Waals surface area contributed by atoms with Crippen molar-refractivity contribution in [2.75, 3.05) is 6.54 Å². The number of benzene rings is 1. The second kappa shape index (κ2) is 7.35. The Kier molecular flexibility index (Phi) is 4.78. The van der Waals surface area contributed by atoms with E-state index in [4.69, 9.17) is 0 Å². The molecule has 2 aliphatic rings. The molecule has 3 heterocycles. The van der Waals surface area contributed by atoms with Crippen LogP contribution < -0.4 is 5.56 Å². The zero-order valence-electron chi connectivity index (χ0n) is 16.1. The van der Waals surface area contributed by atoms with Crippen LogP contribution in [-0.4, -0.2) is 21.4 Å². The largest absolute Gasteiger partial charge is 0.416 e. The Hall–Kier alpha value is -2.45. The smallest absolute Gasteiger partial charge is 0.310 e. The zero-order valence-corrected chi connectivity index (χ0v) is 16.9. The van der Waals surface area contributed by atoms with Gasteiger partial charge in [-0.2, -0.15) is 13.2 Å². The first-order valence-electron chi connectivity index (χ1n) is 9.97. The van der Waals surface area contributed by atoms with Gasteiger partial charge in [0.1, 0.15) is 5.82 Å². The van der Waals surface area contributed by atoms with Gasteiger partial charge in [0.05, 0.1) is 16.8 Å². The van der Waals surface area contributed by atoms with Gasteiger partial charge in [0.15, 0.2) is 0 Å². The lowest BCUT2D eigenvalue weighted by atomic mass is 10.1. The summed E-state index contributed by atoms with van der Waals surface area (Å²) in [4.78, 5) is 24.4. The van der Waals surface area contributed by atoms with Crippen molar-refractivity contribution in [1.29, 1.82) is 0 Å². The lowest BCUT2D eigenvalue weighted by Gasteiger charge is -2.27. The standard InChI is InChI=1S/C22H20F3N3OS/c23-22(24,25)15-5-3-13(4-6-15)19-8-7-16(30-19)11-28-10-9-18-17(12-28)21(29)27-20(26-18)14-1-2-14/h3-8,14H,1-2,9-12H2,(H,26,27,29). The normalized spacial score (nSPS) is 17.2. The molecule has 8 heteroatoms. The molecule has 2 aromatic heterocycles. The molecule has 0 unspecified atom stereocenters. The first-order valence-corrected chi connectivity index (χ1v) is 10.8. The van der Waals surface area contributed by atoms with Gasteiger partial charge < -0.3 is 4.98 Å². The van der Waals surface area contributed by atoms with Crippen molar-refractivity contribution in [1.82, 2.24) is 14.9 Å². The van der Waals surface area contributed by atoms with E-state index in [0.717, 1.165) is 70.3 Å². The lowest BCUT2D eigenvalue weighted by Crippen LogP contribution is -2.35. The summed E-state index contributed by atoms with van der Waals surface area (Å²) in [6.07, 6.45) is -1.35. The van der Waals surface area contributed by atoms with Crippen LogP contribution in [-0.2, 0) is 25.7 Å². The zero-order chi connectivity index (χ0) is 20.9. The Balaban J connectivity index is 1.29. The van der Waals surface area contributed by atoms with Crippen LogP contribution in [0, 0.1) is 0 Å². The van der Waals surface area contributed by atoms with Crippen LogP contribution in [0.15, 0.2) is 41.2 Å². The Morgan fingerprint density at radius 2 is 1.90 bits per heavy atom. The van der Waals surface area contributed by atoms with Crippen molar-refractivity contribution in [3.63, 3.8) is 0 Å². The van der Waals surface area contributed by atoms with Gasteiger partial charge in [-0.15, -0.1) is 11.3 Å².